The molecular formula is C16H12F2N2O2S. The van der Waals surface area contributed by atoms with Gasteiger partial charge in [0, 0.05) is 5.38 Å². The molecule has 3 aromatic rings. The molecule has 0 bridgehead atoms. The fraction of sp³-hybridized carbons (Fsp3) is 0.125. The largest absolute Gasteiger partial charge is 0.485 e. The van der Waals surface area contributed by atoms with Gasteiger partial charge in [-0.05, 0) is 24.3 Å². The molecule has 0 saturated heterocycles. The van der Waals surface area contributed by atoms with Gasteiger partial charge < -0.3 is 9.84 Å². The number of aromatic nitrogens is 2. The SMILES string of the molecule is OCc1ccc(OCc2nc(-c3c(F)cccc3F)cs2)cn1. The van der Waals surface area contributed by atoms with Crippen LogP contribution in [0.3, 0.4) is 0 Å². The van der Waals surface area contributed by atoms with E-state index in [-0.39, 0.29) is 24.5 Å². The third-order valence-corrected chi connectivity index (χ3v) is 3.91. The zero-order valence-corrected chi connectivity index (χ0v) is 12.7. The van der Waals surface area contributed by atoms with Crippen molar-refractivity contribution in [3.63, 3.8) is 0 Å². The molecule has 0 atom stereocenters. The van der Waals surface area contributed by atoms with Gasteiger partial charge in [-0.15, -0.1) is 11.3 Å². The lowest BCUT2D eigenvalue weighted by atomic mass is 10.1. The lowest BCUT2D eigenvalue weighted by Gasteiger charge is -2.04. The molecule has 7 heteroatoms. The summed E-state index contributed by atoms with van der Waals surface area (Å²) in [6.45, 7) is 0.0330. The number of hydrogen-bond acceptors (Lipinski definition) is 5. The van der Waals surface area contributed by atoms with E-state index in [1.165, 1.54) is 35.7 Å². The Kier molecular flexibility index (Phi) is 4.59. The molecule has 1 aromatic carbocycles. The van der Waals surface area contributed by atoms with Crippen LogP contribution in [-0.4, -0.2) is 15.1 Å². The Morgan fingerprint density at radius 3 is 2.57 bits per heavy atom. The van der Waals surface area contributed by atoms with Crippen molar-refractivity contribution in [1.82, 2.24) is 9.97 Å². The Morgan fingerprint density at radius 1 is 1.13 bits per heavy atom. The van der Waals surface area contributed by atoms with Gasteiger partial charge in [-0.3, -0.25) is 4.98 Å². The Hall–Kier alpha value is -2.38. The van der Waals surface area contributed by atoms with Crippen LogP contribution in [0.25, 0.3) is 11.3 Å². The van der Waals surface area contributed by atoms with Crippen molar-refractivity contribution in [2.45, 2.75) is 13.2 Å². The Bertz CT molecular complexity index is 786. The van der Waals surface area contributed by atoms with Crippen LogP contribution in [0.2, 0.25) is 0 Å². The number of halogens is 2. The zero-order valence-electron chi connectivity index (χ0n) is 11.9. The monoisotopic (exact) mass is 334 g/mol. The number of aliphatic hydroxyl groups is 1. The molecule has 118 valence electrons. The highest BCUT2D eigenvalue weighted by Crippen LogP contribution is 2.27. The summed E-state index contributed by atoms with van der Waals surface area (Å²) in [6.07, 6.45) is 1.50. The molecular weight excluding hydrogens is 322 g/mol. The summed E-state index contributed by atoms with van der Waals surface area (Å²) < 4.78 is 33.0. The van der Waals surface area contributed by atoms with E-state index >= 15 is 0 Å². The van der Waals surface area contributed by atoms with Gasteiger partial charge in [0.25, 0.3) is 0 Å². The van der Waals surface area contributed by atoms with Crippen molar-refractivity contribution in [3.8, 4) is 17.0 Å². The van der Waals surface area contributed by atoms with Gasteiger partial charge in [0.05, 0.1) is 29.8 Å². The number of aliphatic hydroxyl groups excluding tert-OH is 1. The van der Waals surface area contributed by atoms with Crippen molar-refractivity contribution < 1.29 is 18.6 Å². The quantitative estimate of drug-likeness (QED) is 0.775. The first kappa shape index (κ1) is 15.5. The summed E-state index contributed by atoms with van der Waals surface area (Å²) in [6, 6.07) is 7.04. The van der Waals surface area contributed by atoms with Gasteiger partial charge in [0.1, 0.15) is 29.0 Å². The maximum Gasteiger partial charge on any atom is 0.140 e. The molecule has 0 aliphatic carbocycles. The number of hydrogen-bond donors (Lipinski definition) is 1. The van der Waals surface area contributed by atoms with E-state index in [1.807, 2.05) is 0 Å². The predicted molar refractivity (Wildman–Crippen MR) is 82.0 cm³/mol. The van der Waals surface area contributed by atoms with E-state index in [4.69, 9.17) is 9.84 Å². The minimum absolute atomic E-state index is 0.135. The van der Waals surface area contributed by atoms with Crippen molar-refractivity contribution in [1.29, 1.82) is 0 Å². The second-order valence-corrected chi connectivity index (χ2v) is 5.60. The number of rotatable bonds is 5. The van der Waals surface area contributed by atoms with Crippen LogP contribution >= 0.6 is 11.3 Å². The second kappa shape index (κ2) is 6.80. The minimum Gasteiger partial charge on any atom is -0.485 e. The third-order valence-electron chi connectivity index (χ3n) is 3.09. The molecule has 0 spiro atoms. The third kappa shape index (κ3) is 3.52. The van der Waals surface area contributed by atoms with Crippen LogP contribution in [-0.2, 0) is 13.2 Å². The molecule has 0 fully saturated rings. The number of thiazole rings is 1. The van der Waals surface area contributed by atoms with E-state index in [0.717, 1.165) is 0 Å². The summed E-state index contributed by atoms with van der Waals surface area (Å²) in [7, 11) is 0. The highest BCUT2D eigenvalue weighted by molar-refractivity contribution is 7.09. The Balaban J connectivity index is 1.72. The Labute approximate surface area is 135 Å². The van der Waals surface area contributed by atoms with E-state index in [1.54, 1.807) is 17.5 Å². The first-order valence-electron chi connectivity index (χ1n) is 6.74. The number of pyridine rings is 1. The van der Waals surface area contributed by atoms with E-state index in [0.29, 0.717) is 16.5 Å². The van der Waals surface area contributed by atoms with Gasteiger partial charge >= 0.3 is 0 Å². The summed E-state index contributed by atoms with van der Waals surface area (Å²) in [5.41, 5.74) is 0.658. The minimum atomic E-state index is -0.647. The number of ether oxygens (including phenoxy) is 1. The number of benzene rings is 1. The lowest BCUT2D eigenvalue weighted by molar-refractivity contribution is 0.275. The summed E-state index contributed by atoms with van der Waals surface area (Å²) >= 11 is 1.26. The second-order valence-electron chi connectivity index (χ2n) is 4.66. The molecule has 0 unspecified atom stereocenters. The molecule has 0 saturated carbocycles. The smallest absolute Gasteiger partial charge is 0.140 e. The molecule has 2 aromatic heterocycles. The van der Waals surface area contributed by atoms with E-state index in [9.17, 15) is 8.78 Å². The van der Waals surface area contributed by atoms with Crippen LogP contribution in [0.5, 0.6) is 5.75 Å². The van der Waals surface area contributed by atoms with Gasteiger partial charge in [-0.1, -0.05) is 6.07 Å². The first-order chi connectivity index (χ1) is 11.2. The van der Waals surface area contributed by atoms with Crippen LogP contribution < -0.4 is 4.74 Å². The standard InChI is InChI=1S/C16H12F2N2O2S/c17-12-2-1-3-13(18)16(12)14-9-23-15(20-14)8-22-11-5-4-10(7-21)19-6-11/h1-6,9,21H,7-8H2. The van der Waals surface area contributed by atoms with Gasteiger partial charge in [0.2, 0.25) is 0 Å². The topological polar surface area (TPSA) is 55.2 Å². The van der Waals surface area contributed by atoms with Crippen molar-refractivity contribution >= 4 is 11.3 Å². The molecule has 2 heterocycles. The predicted octanol–water partition coefficient (Wildman–Crippen LogP) is 3.55. The maximum absolute atomic E-state index is 13.7. The molecule has 0 aliphatic heterocycles. The van der Waals surface area contributed by atoms with Crippen molar-refractivity contribution in [3.05, 3.63) is 64.2 Å². The van der Waals surface area contributed by atoms with Crippen LogP contribution in [0.4, 0.5) is 8.78 Å². The van der Waals surface area contributed by atoms with Gasteiger partial charge in [-0.25, -0.2) is 13.8 Å². The normalized spacial score (nSPS) is 10.7. The van der Waals surface area contributed by atoms with Crippen molar-refractivity contribution in [2.24, 2.45) is 0 Å². The van der Waals surface area contributed by atoms with Gasteiger partial charge in [0.15, 0.2) is 0 Å². The lowest BCUT2D eigenvalue weighted by Crippen LogP contribution is -1.97. The Morgan fingerprint density at radius 2 is 1.91 bits per heavy atom. The fourth-order valence-electron chi connectivity index (χ4n) is 1.97. The maximum atomic E-state index is 13.7. The zero-order chi connectivity index (χ0) is 16.2. The average molecular weight is 334 g/mol. The molecule has 0 aliphatic rings. The highest BCUT2D eigenvalue weighted by Gasteiger charge is 2.14. The van der Waals surface area contributed by atoms with E-state index < -0.39 is 11.6 Å². The molecule has 0 radical (unpaired) electrons. The molecule has 1 N–H and O–H groups in total. The summed E-state index contributed by atoms with van der Waals surface area (Å²) in [5.74, 6) is -0.769. The molecule has 23 heavy (non-hydrogen) atoms. The van der Waals surface area contributed by atoms with Gasteiger partial charge in [-0.2, -0.15) is 0 Å². The fourth-order valence-corrected chi connectivity index (χ4v) is 2.67. The average Bonchev–Trinajstić information content (AvgIpc) is 3.02. The summed E-state index contributed by atoms with van der Waals surface area (Å²) in [5, 5.41) is 11.1. The molecule has 4 nitrogen and oxygen atoms in total. The summed E-state index contributed by atoms with van der Waals surface area (Å²) in [4.78, 5) is 8.20. The first-order valence-corrected chi connectivity index (χ1v) is 7.62. The van der Waals surface area contributed by atoms with Crippen LogP contribution in [0, 0.1) is 11.6 Å². The molecule has 3 rings (SSSR count). The highest BCUT2D eigenvalue weighted by atomic mass is 32.1. The number of nitrogens with zero attached hydrogens (tertiary/aromatic N) is 2. The van der Waals surface area contributed by atoms with Crippen LogP contribution in [0.1, 0.15) is 10.7 Å². The van der Waals surface area contributed by atoms with Crippen molar-refractivity contribution in [2.75, 3.05) is 0 Å². The van der Waals surface area contributed by atoms with Crippen LogP contribution in [0.15, 0.2) is 41.9 Å². The molecule has 0 amide bonds. The van der Waals surface area contributed by atoms with E-state index in [2.05, 4.69) is 9.97 Å².